The summed E-state index contributed by atoms with van der Waals surface area (Å²) in [6, 6.07) is 7.99. The number of rotatable bonds is 8. The van der Waals surface area contributed by atoms with Crippen molar-refractivity contribution in [3.05, 3.63) is 47.7 Å². The summed E-state index contributed by atoms with van der Waals surface area (Å²) in [7, 11) is 0. The topological polar surface area (TPSA) is 140 Å². The van der Waals surface area contributed by atoms with Crippen LogP contribution >= 0.6 is 0 Å². The second-order valence-corrected chi connectivity index (χ2v) is 9.42. The number of fused-ring (bicyclic) bond motifs is 1. The largest absolute Gasteiger partial charge is 0.481 e. The maximum Gasteiger partial charge on any atom is 0.322 e. The lowest BCUT2D eigenvalue weighted by Crippen LogP contribution is -2.32. The van der Waals surface area contributed by atoms with Gasteiger partial charge in [0.1, 0.15) is 24.6 Å². The number of carboxylic acids is 1. The molecule has 0 bridgehead atoms. The molecule has 1 aliphatic heterocycles. The van der Waals surface area contributed by atoms with Crippen LogP contribution in [0, 0.1) is 5.92 Å². The summed E-state index contributed by atoms with van der Waals surface area (Å²) in [4.78, 5) is 38.7. The van der Waals surface area contributed by atoms with E-state index >= 15 is 0 Å². The van der Waals surface area contributed by atoms with Crippen molar-refractivity contribution in [1.82, 2.24) is 9.97 Å². The first-order valence-electron chi connectivity index (χ1n) is 12.6. The van der Waals surface area contributed by atoms with E-state index in [0.29, 0.717) is 12.5 Å². The van der Waals surface area contributed by atoms with Crippen LogP contribution in [0.15, 0.2) is 41.5 Å². The van der Waals surface area contributed by atoms with Crippen LogP contribution in [0.2, 0.25) is 0 Å². The quantitative estimate of drug-likeness (QED) is 0.506. The summed E-state index contributed by atoms with van der Waals surface area (Å²) >= 11 is 0. The molecule has 196 valence electrons. The Kier molecular flexibility index (Phi) is 8.37. The minimum Gasteiger partial charge on any atom is -0.481 e. The highest BCUT2D eigenvalue weighted by Gasteiger charge is 2.30. The molecule has 1 aromatic heterocycles. The van der Waals surface area contributed by atoms with Gasteiger partial charge < -0.3 is 25.2 Å². The van der Waals surface area contributed by atoms with Gasteiger partial charge in [-0.1, -0.05) is 18.2 Å². The van der Waals surface area contributed by atoms with Crippen molar-refractivity contribution in [3.63, 3.8) is 0 Å². The van der Waals surface area contributed by atoms with Crippen molar-refractivity contribution in [2.45, 2.75) is 51.9 Å². The molecule has 3 N–H and O–H groups in total. The van der Waals surface area contributed by atoms with Gasteiger partial charge in [-0.15, -0.1) is 0 Å². The number of hydrogen-bond acceptors (Lipinski definition) is 8. The highest BCUT2D eigenvalue weighted by Crippen LogP contribution is 2.38. The van der Waals surface area contributed by atoms with Crippen LogP contribution in [-0.4, -0.2) is 52.4 Å². The van der Waals surface area contributed by atoms with Crippen LogP contribution in [-0.2, 0) is 4.79 Å². The monoisotopic (exact) mass is 507 g/mol. The summed E-state index contributed by atoms with van der Waals surface area (Å²) in [6.45, 7) is 4.44. The number of benzene rings is 1. The zero-order valence-electron chi connectivity index (χ0n) is 21.2. The molecule has 10 nitrogen and oxygen atoms in total. The third-order valence-corrected chi connectivity index (χ3v) is 6.74. The Labute approximate surface area is 216 Å². The third-order valence-electron chi connectivity index (χ3n) is 6.74. The number of nitrogens with two attached hydrogens (primary N) is 1. The van der Waals surface area contributed by atoms with Gasteiger partial charge in [0.15, 0.2) is 0 Å². The van der Waals surface area contributed by atoms with E-state index in [0.717, 1.165) is 37.1 Å². The maximum atomic E-state index is 13.4. The van der Waals surface area contributed by atoms with Crippen LogP contribution in [0.3, 0.4) is 0 Å². The van der Waals surface area contributed by atoms with E-state index in [1.54, 1.807) is 11.1 Å². The molecule has 2 heterocycles. The van der Waals surface area contributed by atoms with E-state index in [9.17, 15) is 9.59 Å². The lowest BCUT2D eigenvalue weighted by Gasteiger charge is -2.28. The van der Waals surface area contributed by atoms with E-state index < -0.39 is 5.97 Å². The molecule has 0 saturated heterocycles. The second-order valence-electron chi connectivity index (χ2n) is 9.42. The Hall–Kier alpha value is -3.95. The highest BCUT2D eigenvalue weighted by atomic mass is 16.5. The Morgan fingerprint density at radius 3 is 2.65 bits per heavy atom. The summed E-state index contributed by atoms with van der Waals surface area (Å²) in [5.41, 5.74) is 8.94. The molecule has 2 aromatic rings. The van der Waals surface area contributed by atoms with E-state index in [2.05, 4.69) is 15.0 Å². The number of aromatic nitrogens is 2. The van der Waals surface area contributed by atoms with Gasteiger partial charge in [0.05, 0.1) is 12.3 Å². The van der Waals surface area contributed by atoms with Gasteiger partial charge in [0.25, 0.3) is 5.91 Å². The van der Waals surface area contributed by atoms with Crippen molar-refractivity contribution in [2.24, 2.45) is 10.9 Å². The summed E-state index contributed by atoms with van der Waals surface area (Å²) < 4.78 is 11.4. The molecule has 0 atom stereocenters. The second kappa shape index (κ2) is 11.9. The Bertz CT molecular complexity index is 1190. The van der Waals surface area contributed by atoms with Crippen LogP contribution in [0.4, 0.5) is 11.5 Å². The number of carbonyl (C=O) groups excluding carboxylic acids is 1. The SMILES string of the molecule is C/C=C\N=C(/C)COc1nc(N)c2c(n1)OCCN(c1ccc([C@H]3CC[C@H](CC(=O)O)CC3)cc1)C2=O. The van der Waals surface area contributed by atoms with Crippen LogP contribution in [0.1, 0.15) is 67.8 Å². The lowest BCUT2D eigenvalue weighted by atomic mass is 9.77. The number of anilines is 2. The number of nitrogen functional groups attached to an aromatic ring is 1. The number of ether oxygens (including phenoxy) is 2. The minimum absolute atomic E-state index is 0.00492. The van der Waals surface area contributed by atoms with Gasteiger partial charge in [-0.25, -0.2) is 0 Å². The number of carbonyl (C=O) groups is 2. The van der Waals surface area contributed by atoms with Gasteiger partial charge in [-0.2, -0.15) is 9.97 Å². The predicted octanol–water partition coefficient (Wildman–Crippen LogP) is 4.22. The average Bonchev–Trinajstić information content (AvgIpc) is 3.05. The zero-order chi connectivity index (χ0) is 26.4. The number of nitrogens with zero attached hydrogens (tertiary/aromatic N) is 4. The zero-order valence-corrected chi connectivity index (χ0v) is 21.2. The number of hydrogen-bond donors (Lipinski definition) is 2. The summed E-state index contributed by atoms with van der Waals surface area (Å²) in [6.07, 6.45) is 7.52. The molecule has 0 unspecified atom stereocenters. The molecular weight excluding hydrogens is 474 g/mol. The first kappa shape index (κ1) is 26.1. The van der Waals surface area contributed by atoms with Crippen molar-refractivity contribution >= 4 is 29.1 Å². The van der Waals surface area contributed by atoms with E-state index in [1.807, 2.05) is 44.2 Å². The maximum absolute atomic E-state index is 13.4. The molecule has 1 amide bonds. The Morgan fingerprint density at radius 2 is 1.97 bits per heavy atom. The smallest absolute Gasteiger partial charge is 0.322 e. The fraction of sp³-hybridized carbons (Fsp3) is 0.444. The van der Waals surface area contributed by atoms with Gasteiger partial charge in [0, 0.05) is 18.3 Å². The summed E-state index contributed by atoms with van der Waals surface area (Å²) in [5, 5.41) is 9.04. The fourth-order valence-corrected chi connectivity index (χ4v) is 4.80. The van der Waals surface area contributed by atoms with E-state index in [1.165, 1.54) is 5.56 Å². The average molecular weight is 508 g/mol. The van der Waals surface area contributed by atoms with E-state index in [-0.39, 0.29) is 54.7 Å². The fourth-order valence-electron chi connectivity index (χ4n) is 4.80. The van der Waals surface area contributed by atoms with Gasteiger partial charge >= 0.3 is 12.0 Å². The number of aliphatic imine (C=N–C) groups is 1. The molecular formula is C27H33N5O5. The highest BCUT2D eigenvalue weighted by molar-refractivity contribution is 6.10. The Balaban J connectivity index is 1.45. The third kappa shape index (κ3) is 6.44. The Morgan fingerprint density at radius 1 is 1.24 bits per heavy atom. The molecule has 1 saturated carbocycles. The van der Waals surface area contributed by atoms with Crippen molar-refractivity contribution < 1.29 is 24.2 Å². The van der Waals surface area contributed by atoms with E-state index in [4.69, 9.17) is 20.3 Å². The van der Waals surface area contributed by atoms with Crippen LogP contribution < -0.4 is 20.1 Å². The first-order valence-corrected chi connectivity index (χ1v) is 12.6. The molecule has 1 aliphatic carbocycles. The van der Waals surface area contributed by atoms with Crippen molar-refractivity contribution in [3.8, 4) is 11.9 Å². The van der Waals surface area contributed by atoms with Crippen molar-refractivity contribution in [2.75, 3.05) is 30.4 Å². The summed E-state index contributed by atoms with van der Waals surface area (Å²) in [5.74, 6) is -0.291. The molecule has 10 heteroatoms. The molecule has 37 heavy (non-hydrogen) atoms. The normalized spacial score (nSPS) is 20.3. The van der Waals surface area contributed by atoms with Crippen molar-refractivity contribution in [1.29, 1.82) is 0 Å². The van der Waals surface area contributed by atoms with Gasteiger partial charge in [-0.05, 0) is 69.1 Å². The number of carboxylic acid groups (broad SMARTS) is 1. The van der Waals surface area contributed by atoms with Crippen LogP contribution in [0.25, 0.3) is 0 Å². The standard InChI is InChI=1S/C27H33N5O5/c1-3-12-29-17(2)16-37-27-30-24(28)23-25(31-27)36-14-13-32(26(23)35)21-10-8-20(9-11-21)19-6-4-18(5-7-19)15-22(33)34/h3,8-12,18-19H,4-7,13-16H2,1-2H3,(H,33,34)(H2,28,30,31)/b12-3-,29-17+/t18-,19-. The van der Waals surface area contributed by atoms with Crippen LogP contribution in [0.5, 0.6) is 11.9 Å². The minimum atomic E-state index is -0.722. The first-order chi connectivity index (χ1) is 17.9. The lowest BCUT2D eigenvalue weighted by molar-refractivity contribution is -0.138. The molecule has 4 rings (SSSR count). The molecule has 0 radical (unpaired) electrons. The number of amides is 1. The molecule has 1 fully saturated rings. The number of aliphatic carboxylic acids is 1. The molecule has 0 spiro atoms. The predicted molar refractivity (Wildman–Crippen MR) is 140 cm³/mol. The molecule has 2 aliphatic rings. The number of allylic oxidation sites excluding steroid dienone is 1. The molecule has 1 aromatic carbocycles. The van der Waals surface area contributed by atoms with Gasteiger partial charge in [0.2, 0.25) is 5.88 Å². The van der Waals surface area contributed by atoms with Gasteiger partial charge in [-0.3, -0.25) is 14.6 Å².